The van der Waals surface area contributed by atoms with Crippen LogP contribution < -0.4 is 10.1 Å². The molecule has 0 fully saturated rings. The van der Waals surface area contributed by atoms with E-state index in [-0.39, 0.29) is 23.4 Å². The third-order valence-corrected chi connectivity index (χ3v) is 5.00. The van der Waals surface area contributed by atoms with E-state index < -0.39 is 11.9 Å². The average Bonchev–Trinajstić information content (AvgIpc) is 2.81. The van der Waals surface area contributed by atoms with E-state index in [4.69, 9.17) is 16.3 Å². The summed E-state index contributed by atoms with van der Waals surface area (Å²) in [6, 6.07) is 7.89. The van der Waals surface area contributed by atoms with Crippen LogP contribution in [0.5, 0.6) is 11.6 Å². The van der Waals surface area contributed by atoms with Crippen molar-refractivity contribution in [2.45, 2.75) is 20.0 Å². The van der Waals surface area contributed by atoms with Crippen LogP contribution in [0.15, 0.2) is 84.7 Å². The zero-order valence-corrected chi connectivity index (χ0v) is 19.5. The van der Waals surface area contributed by atoms with E-state index in [1.807, 2.05) is 0 Å². The fraction of sp³-hybridized carbons (Fsp3) is 0.120. The Hall–Kier alpha value is -3.98. The van der Waals surface area contributed by atoms with Crippen LogP contribution in [-0.2, 0) is 11.0 Å². The standard InChI is InChI=1S/C25H20ClF3N4O2/c1-4-7-15(3)17(5-2)24(34)33-22-14-30-20(13-31-22)18-12-16(10-11-19(18)26)35-23-9-6-8-21(32-23)25(27,28)29/h4-14H,1H2,2-3H3,(H,31,33,34)/b15-7-,17-5+. The van der Waals surface area contributed by atoms with E-state index in [9.17, 15) is 18.0 Å². The predicted molar refractivity (Wildman–Crippen MR) is 128 cm³/mol. The molecule has 1 amide bonds. The molecule has 10 heteroatoms. The summed E-state index contributed by atoms with van der Waals surface area (Å²) in [5, 5.41) is 2.99. The van der Waals surface area contributed by atoms with Crippen molar-refractivity contribution in [2.24, 2.45) is 0 Å². The molecule has 0 unspecified atom stereocenters. The van der Waals surface area contributed by atoms with Gasteiger partial charge in [0.25, 0.3) is 5.91 Å². The van der Waals surface area contributed by atoms with Gasteiger partial charge in [-0.25, -0.2) is 9.97 Å². The Kier molecular flexibility index (Phi) is 8.03. The summed E-state index contributed by atoms with van der Waals surface area (Å²) < 4.78 is 44.2. The molecule has 0 aliphatic rings. The summed E-state index contributed by atoms with van der Waals surface area (Å²) in [5.74, 6) is -0.149. The Morgan fingerprint density at radius 1 is 1.17 bits per heavy atom. The van der Waals surface area contributed by atoms with E-state index in [1.165, 1.54) is 42.7 Å². The molecule has 2 aromatic heterocycles. The molecule has 0 radical (unpaired) electrons. The first kappa shape index (κ1) is 25.6. The number of carbonyl (C=O) groups excluding carboxylic acids is 1. The molecule has 0 saturated heterocycles. The second-order valence-corrected chi connectivity index (χ2v) is 7.54. The van der Waals surface area contributed by atoms with Gasteiger partial charge in [-0.1, -0.05) is 42.5 Å². The van der Waals surface area contributed by atoms with Crippen LogP contribution in [0.2, 0.25) is 5.02 Å². The topological polar surface area (TPSA) is 77.0 Å². The van der Waals surface area contributed by atoms with Gasteiger partial charge in [0.05, 0.1) is 23.1 Å². The summed E-state index contributed by atoms with van der Waals surface area (Å²) in [4.78, 5) is 24.5. The minimum atomic E-state index is -4.59. The largest absolute Gasteiger partial charge is 0.439 e. The van der Waals surface area contributed by atoms with Crippen LogP contribution in [-0.4, -0.2) is 20.9 Å². The van der Waals surface area contributed by atoms with Gasteiger partial charge < -0.3 is 10.1 Å². The van der Waals surface area contributed by atoms with Crippen molar-refractivity contribution in [1.82, 2.24) is 15.0 Å². The molecule has 6 nitrogen and oxygen atoms in total. The SMILES string of the molecule is C=C/C=C(C)\C(=C/C)C(=O)Nc1cnc(-c2cc(Oc3cccc(C(F)(F)F)n3)ccc2Cl)cn1. The number of rotatable bonds is 7. The number of ether oxygens (including phenoxy) is 1. The smallest absolute Gasteiger partial charge is 0.433 e. The number of hydrogen-bond acceptors (Lipinski definition) is 5. The van der Waals surface area contributed by atoms with Gasteiger partial charge in [0.1, 0.15) is 11.4 Å². The van der Waals surface area contributed by atoms with Crippen molar-refractivity contribution in [2.75, 3.05) is 5.32 Å². The molecular formula is C25H20ClF3N4O2. The molecule has 1 N–H and O–H groups in total. The quantitative estimate of drug-likeness (QED) is 0.278. The normalized spacial score (nSPS) is 12.3. The number of anilines is 1. The number of nitrogens with one attached hydrogen (secondary N) is 1. The second-order valence-electron chi connectivity index (χ2n) is 7.13. The van der Waals surface area contributed by atoms with Crippen molar-refractivity contribution in [3.05, 3.63) is 95.5 Å². The highest BCUT2D eigenvalue weighted by atomic mass is 35.5. The number of alkyl halides is 3. The number of pyridine rings is 1. The van der Waals surface area contributed by atoms with Crippen molar-refractivity contribution >= 4 is 23.3 Å². The van der Waals surface area contributed by atoms with Gasteiger partial charge in [-0.15, -0.1) is 0 Å². The summed E-state index contributed by atoms with van der Waals surface area (Å²) in [7, 11) is 0. The van der Waals surface area contributed by atoms with Crippen LogP contribution in [0, 0.1) is 0 Å². The van der Waals surface area contributed by atoms with Gasteiger partial charge in [0, 0.05) is 17.2 Å². The zero-order valence-electron chi connectivity index (χ0n) is 18.7. The average molecular weight is 501 g/mol. The van der Waals surface area contributed by atoms with Crippen LogP contribution in [0.4, 0.5) is 19.0 Å². The summed E-state index contributed by atoms with van der Waals surface area (Å²) >= 11 is 6.29. The van der Waals surface area contributed by atoms with Crippen LogP contribution in [0.3, 0.4) is 0 Å². The van der Waals surface area contributed by atoms with Gasteiger partial charge in [-0.3, -0.25) is 9.78 Å². The van der Waals surface area contributed by atoms with Crippen molar-refractivity contribution in [3.63, 3.8) is 0 Å². The molecule has 1 aromatic carbocycles. The minimum Gasteiger partial charge on any atom is -0.439 e. The molecule has 0 aliphatic heterocycles. The monoisotopic (exact) mass is 500 g/mol. The number of benzene rings is 1. The number of nitrogens with zero attached hydrogens (tertiary/aromatic N) is 3. The highest BCUT2D eigenvalue weighted by molar-refractivity contribution is 6.33. The van der Waals surface area contributed by atoms with Gasteiger partial charge in [-0.2, -0.15) is 13.2 Å². The van der Waals surface area contributed by atoms with Crippen molar-refractivity contribution in [3.8, 4) is 22.9 Å². The summed E-state index contributed by atoms with van der Waals surface area (Å²) in [5.41, 5.74) is 0.934. The number of carbonyl (C=O) groups is 1. The summed E-state index contributed by atoms with van der Waals surface area (Å²) in [6.45, 7) is 7.16. The lowest BCUT2D eigenvalue weighted by atomic mass is 10.1. The first-order valence-electron chi connectivity index (χ1n) is 10.2. The molecule has 2 heterocycles. The molecule has 0 spiro atoms. The van der Waals surface area contributed by atoms with E-state index in [0.29, 0.717) is 21.9 Å². The van der Waals surface area contributed by atoms with Crippen LogP contribution >= 0.6 is 11.6 Å². The lowest BCUT2D eigenvalue weighted by Gasteiger charge is -2.11. The highest BCUT2D eigenvalue weighted by Gasteiger charge is 2.32. The highest BCUT2D eigenvalue weighted by Crippen LogP contribution is 2.33. The number of aromatic nitrogens is 3. The van der Waals surface area contributed by atoms with Gasteiger partial charge >= 0.3 is 6.18 Å². The van der Waals surface area contributed by atoms with Crippen LogP contribution in [0.25, 0.3) is 11.3 Å². The van der Waals surface area contributed by atoms with E-state index in [1.54, 1.807) is 32.1 Å². The Labute approximate surface area is 204 Å². The maximum absolute atomic E-state index is 12.9. The molecule has 0 saturated carbocycles. The Balaban J connectivity index is 1.80. The number of amides is 1. The van der Waals surface area contributed by atoms with Crippen molar-refractivity contribution in [1.29, 1.82) is 0 Å². The number of allylic oxidation sites excluding steroid dienone is 3. The third kappa shape index (κ3) is 6.54. The molecule has 3 aromatic rings. The lowest BCUT2D eigenvalue weighted by molar-refractivity contribution is -0.141. The molecule has 0 atom stereocenters. The molecular weight excluding hydrogens is 481 g/mol. The first-order valence-corrected chi connectivity index (χ1v) is 10.6. The molecule has 3 rings (SSSR count). The summed E-state index contributed by atoms with van der Waals surface area (Å²) in [6.07, 6.45) is 3.17. The minimum absolute atomic E-state index is 0.206. The van der Waals surface area contributed by atoms with Crippen molar-refractivity contribution < 1.29 is 22.7 Å². The Morgan fingerprint density at radius 2 is 1.94 bits per heavy atom. The van der Waals surface area contributed by atoms with Gasteiger partial charge in [0.2, 0.25) is 5.88 Å². The zero-order chi connectivity index (χ0) is 25.6. The van der Waals surface area contributed by atoms with E-state index in [2.05, 4.69) is 26.8 Å². The molecule has 180 valence electrons. The number of hydrogen-bond donors (Lipinski definition) is 1. The molecule has 0 bridgehead atoms. The Bertz CT molecular complexity index is 1300. The number of halogens is 4. The second kappa shape index (κ2) is 11.0. The predicted octanol–water partition coefficient (Wildman–Crippen LogP) is 7.02. The fourth-order valence-electron chi connectivity index (χ4n) is 3.03. The van der Waals surface area contributed by atoms with E-state index in [0.717, 1.165) is 11.6 Å². The first-order chi connectivity index (χ1) is 16.6. The molecule has 35 heavy (non-hydrogen) atoms. The van der Waals surface area contributed by atoms with Gasteiger partial charge in [-0.05, 0) is 43.7 Å². The maximum Gasteiger partial charge on any atom is 0.433 e. The lowest BCUT2D eigenvalue weighted by Crippen LogP contribution is -2.16. The van der Waals surface area contributed by atoms with Crippen LogP contribution in [0.1, 0.15) is 19.5 Å². The maximum atomic E-state index is 12.9. The van der Waals surface area contributed by atoms with Gasteiger partial charge in [0.15, 0.2) is 5.82 Å². The third-order valence-electron chi connectivity index (χ3n) is 4.67. The molecule has 0 aliphatic carbocycles. The Morgan fingerprint density at radius 3 is 2.57 bits per heavy atom. The fourth-order valence-corrected chi connectivity index (χ4v) is 3.25. The van der Waals surface area contributed by atoms with E-state index >= 15 is 0 Å².